The molecule has 0 aromatic heterocycles. The zero-order valence-electron chi connectivity index (χ0n) is 4.18. The Labute approximate surface area is 41.9 Å². The molecule has 0 bridgehead atoms. The summed E-state index contributed by atoms with van der Waals surface area (Å²) < 4.78 is 4.50. The van der Waals surface area contributed by atoms with Crippen LogP contribution in [-0.4, -0.2) is 24.3 Å². The highest BCUT2D eigenvalue weighted by atomic mass is 16.6. The van der Waals surface area contributed by atoms with E-state index in [0.717, 1.165) is 20.1 Å². The lowest BCUT2D eigenvalue weighted by Crippen LogP contribution is -1.78. The zero-order chi connectivity index (χ0) is 5.70. The Hall–Kier alpha value is -0.570. The molecule has 0 aliphatic carbocycles. The van der Waals surface area contributed by atoms with Crippen LogP contribution in [0.15, 0.2) is 0 Å². The van der Waals surface area contributed by atoms with Crippen LogP contribution in [0.3, 0.4) is 0 Å². The minimum atomic E-state index is -0.833. The van der Waals surface area contributed by atoms with Gasteiger partial charge in [0.25, 0.3) is 5.97 Å². The van der Waals surface area contributed by atoms with Gasteiger partial charge in [0, 0.05) is 6.92 Å². The van der Waals surface area contributed by atoms with Gasteiger partial charge in [0.15, 0.2) is 0 Å². The third-order valence-electron chi connectivity index (χ3n) is 0.204. The molecule has 1 aliphatic heterocycles. The van der Waals surface area contributed by atoms with Gasteiger partial charge in [-0.3, -0.25) is 4.79 Å². The molecule has 3 nitrogen and oxygen atoms in total. The molecule has 3 heteroatoms. The van der Waals surface area contributed by atoms with Crippen LogP contribution < -0.4 is 0 Å². The first-order valence-electron chi connectivity index (χ1n) is 2.01. The van der Waals surface area contributed by atoms with Gasteiger partial charge in [-0.1, -0.05) is 0 Å². The minimum Gasteiger partial charge on any atom is -0.481 e. The third-order valence-corrected chi connectivity index (χ3v) is 0.204. The molecule has 1 saturated heterocycles. The molecule has 0 spiro atoms. The predicted octanol–water partition coefficient (Wildman–Crippen LogP) is 0.108. The molecule has 0 aromatic carbocycles. The molecule has 1 N–H and O–H groups in total. The van der Waals surface area contributed by atoms with Crippen LogP contribution in [0, 0.1) is 0 Å². The molecule has 0 saturated carbocycles. The molecule has 0 radical (unpaired) electrons. The Morgan fingerprint density at radius 3 is 1.86 bits per heavy atom. The number of ether oxygens (including phenoxy) is 1. The fourth-order valence-corrected chi connectivity index (χ4v) is 0. The van der Waals surface area contributed by atoms with Crippen molar-refractivity contribution in [2.45, 2.75) is 6.92 Å². The van der Waals surface area contributed by atoms with Crippen molar-refractivity contribution in [3.05, 3.63) is 0 Å². The maximum atomic E-state index is 9.00. The van der Waals surface area contributed by atoms with E-state index in [1.165, 1.54) is 0 Å². The number of hydrogen-bond donors (Lipinski definition) is 1. The van der Waals surface area contributed by atoms with Crippen LogP contribution in [0.1, 0.15) is 6.92 Å². The molecule has 0 atom stereocenters. The SMILES string of the molecule is C1CO1.CC(=O)O. The molecule has 1 heterocycles. The van der Waals surface area contributed by atoms with Crippen LogP contribution in [0.2, 0.25) is 0 Å². The minimum absolute atomic E-state index is 0.833. The molecular formula is C4H8O3. The first kappa shape index (κ1) is 6.43. The van der Waals surface area contributed by atoms with Gasteiger partial charge in [0.2, 0.25) is 0 Å². The van der Waals surface area contributed by atoms with Crippen LogP contribution in [0.25, 0.3) is 0 Å². The monoisotopic (exact) mass is 104 g/mol. The normalized spacial score (nSPS) is 13.9. The Bertz CT molecular complexity index is 51.2. The van der Waals surface area contributed by atoms with Crippen LogP contribution >= 0.6 is 0 Å². The number of carboxylic acid groups (broad SMARTS) is 1. The van der Waals surface area contributed by atoms with Crippen LogP contribution in [-0.2, 0) is 9.53 Å². The summed E-state index contributed by atoms with van der Waals surface area (Å²) in [6.45, 7) is 3.08. The maximum absolute atomic E-state index is 9.00. The average molecular weight is 104 g/mol. The van der Waals surface area contributed by atoms with Crippen molar-refractivity contribution in [2.75, 3.05) is 13.2 Å². The van der Waals surface area contributed by atoms with Crippen molar-refractivity contribution < 1.29 is 14.6 Å². The molecular weight excluding hydrogens is 96.0 g/mol. The summed E-state index contributed by atoms with van der Waals surface area (Å²) in [6.07, 6.45) is 0. The lowest BCUT2D eigenvalue weighted by molar-refractivity contribution is -0.134. The largest absolute Gasteiger partial charge is 0.481 e. The van der Waals surface area contributed by atoms with Gasteiger partial charge >= 0.3 is 0 Å². The van der Waals surface area contributed by atoms with E-state index in [9.17, 15) is 0 Å². The van der Waals surface area contributed by atoms with Gasteiger partial charge < -0.3 is 9.84 Å². The van der Waals surface area contributed by atoms with E-state index in [-0.39, 0.29) is 0 Å². The molecule has 1 aliphatic rings. The van der Waals surface area contributed by atoms with Gasteiger partial charge in [-0.25, -0.2) is 0 Å². The smallest absolute Gasteiger partial charge is 0.300 e. The zero-order valence-corrected chi connectivity index (χ0v) is 4.18. The molecule has 0 amide bonds. The first-order chi connectivity index (χ1) is 3.23. The van der Waals surface area contributed by atoms with Crippen molar-refractivity contribution in [1.82, 2.24) is 0 Å². The molecule has 7 heavy (non-hydrogen) atoms. The summed E-state index contributed by atoms with van der Waals surface area (Å²) >= 11 is 0. The lowest BCUT2D eigenvalue weighted by atomic mass is 10.9. The number of carbonyl (C=O) groups is 1. The summed E-state index contributed by atoms with van der Waals surface area (Å²) in [5, 5.41) is 7.42. The molecule has 0 aromatic rings. The van der Waals surface area contributed by atoms with Crippen LogP contribution in [0.5, 0.6) is 0 Å². The summed E-state index contributed by atoms with van der Waals surface area (Å²) in [5.74, 6) is -0.833. The number of carboxylic acids is 1. The number of epoxide rings is 1. The number of hydrogen-bond acceptors (Lipinski definition) is 2. The van der Waals surface area contributed by atoms with E-state index >= 15 is 0 Å². The highest BCUT2D eigenvalue weighted by molar-refractivity contribution is 5.62. The summed E-state index contributed by atoms with van der Waals surface area (Å²) in [7, 11) is 0. The van der Waals surface area contributed by atoms with E-state index in [1.807, 2.05) is 0 Å². The Morgan fingerprint density at radius 2 is 1.86 bits per heavy atom. The average Bonchev–Trinajstić information content (AvgIpc) is 2.02. The second-order valence-corrected chi connectivity index (χ2v) is 1.13. The molecule has 0 unspecified atom stereocenters. The van der Waals surface area contributed by atoms with E-state index in [2.05, 4.69) is 4.74 Å². The number of aliphatic carboxylic acids is 1. The topological polar surface area (TPSA) is 49.8 Å². The van der Waals surface area contributed by atoms with Crippen molar-refractivity contribution in [1.29, 1.82) is 0 Å². The van der Waals surface area contributed by atoms with Crippen molar-refractivity contribution >= 4 is 5.97 Å². The lowest BCUT2D eigenvalue weighted by Gasteiger charge is -1.59. The van der Waals surface area contributed by atoms with Gasteiger partial charge in [0.1, 0.15) is 0 Å². The third kappa shape index (κ3) is 346. The molecule has 1 rings (SSSR count). The fraction of sp³-hybridized carbons (Fsp3) is 0.750. The Kier molecular flexibility index (Phi) is 3.32. The highest BCUT2D eigenvalue weighted by Crippen LogP contribution is 1.84. The number of rotatable bonds is 0. The first-order valence-corrected chi connectivity index (χ1v) is 2.01. The summed E-state index contributed by atoms with van der Waals surface area (Å²) in [6, 6.07) is 0. The Morgan fingerprint density at radius 1 is 1.71 bits per heavy atom. The summed E-state index contributed by atoms with van der Waals surface area (Å²) in [4.78, 5) is 9.00. The van der Waals surface area contributed by atoms with Crippen molar-refractivity contribution in [3.8, 4) is 0 Å². The van der Waals surface area contributed by atoms with E-state index < -0.39 is 5.97 Å². The van der Waals surface area contributed by atoms with Crippen molar-refractivity contribution in [2.24, 2.45) is 0 Å². The quantitative estimate of drug-likeness (QED) is 0.443. The van der Waals surface area contributed by atoms with E-state index in [4.69, 9.17) is 9.90 Å². The molecule has 1 fully saturated rings. The van der Waals surface area contributed by atoms with E-state index in [0.29, 0.717) is 0 Å². The second-order valence-electron chi connectivity index (χ2n) is 1.13. The van der Waals surface area contributed by atoms with Gasteiger partial charge in [-0.05, 0) is 0 Å². The van der Waals surface area contributed by atoms with Crippen molar-refractivity contribution in [3.63, 3.8) is 0 Å². The highest BCUT2D eigenvalue weighted by Gasteiger charge is 1.94. The summed E-state index contributed by atoms with van der Waals surface area (Å²) in [5.41, 5.74) is 0. The predicted molar refractivity (Wildman–Crippen MR) is 24.1 cm³/mol. The van der Waals surface area contributed by atoms with Crippen LogP contribution in [0.4, 0.5) is 0 Å². The Balaban J connectivity index is 0.000000105. The van der Waals surface area contributed by atoms with Gasteiger partial charge in [-0.15, -0.1) is 0 Å². The molecule has 42 valence electrons. The fourth-order valence-electron chi connectivity index (χ4n) is 0. The standard InChI is InChI=1S/C2H4O2.C2H4O/c1-2(3)4;1-2-3-1/h1H3,(H,3,4);1-2H2. The van der Waals surface area contributed by atoms with E-state index in [1.54, 1.807) is 0 Å². The van der Waals surface area contributed by atoms with Gasteiger partial charge in [-0.2, -0.15) is 0 Å². The second kappa shape index (κ2) is 3.61. The van der Waals surface area contributed by atoms with Gasteiger partial charge in [0.05, 0.1) is 13.2 Å². The maximum Gasteiger partial charge on any atom is 0.300 e.